The quantitative estimate of drug-likeness (QED) is 0.750. The van der Waals surface area contributed by atoms with Crippen LogP contribution in [0.15, 0.2) is 24.3 Å². The third-order valence-electron chi connectivity index (χ3n) is 4.27. The second-order valence-corrected chi connectivity index (χ2v) is 5.92. The first kappa shape index (κ1) is 17.3. The Hall–Kier alpha value is -2.08. The van der Waals surface area contributed by atoms with Crippen molar-refractivity contribution in [1.82, 2.24) is 10.6 Å². The van der Waals surface area contributed by atoms with Crippen LogP contribution < -0.4 is 10.6 Å². The summed E-state index contributed by atoms with van der Waals surface area (Å²) >= 11 is 0. The van der Waals surface area contributed by atoms with Crippen molar-refractivity contribution >= 4 is 12.0 Å². The predicted octanol–water partition coefficient (Wildman–Crippen LogP) is 2.28. The van der Waals surface area contributed by atoms with E-state index in [4.69, 9.17) is 9.84 Å². The normalized spacial score (nSPS) is 20.7. The first-order chi connectivity index (χ1) is 11.1. The smallest absolute Gasteiger partial charge is 0.315 e. The number of methoxy groups -OCH3 is 1. The molecular weight excluding hydrogens is 296 g/mol. The molecule has 6 heteroatoms. The SMILES string of the molecule is COCc1ccccc1CNC(=O)NC1CCC(C(=O)O)CC1. The Labute approximate surface area is 136 Å². The molecule has 1 aliphatic carbocycles. The highest BCUT2D eigenvalue weighted by molar-refractivity contribution is 5.74. The van der Waals surface area contributed by atoms with Crippen LogP contribution in [-0.4, -0.2) is 30.3 Å². The Morgan fingerprint density at radius 1 is 1.17 bits per heavy atom. The fourth-order valence-electron chi connectivity index (χ4n) is 2.92. The van der Waals surface area contributed by atoms with Gasteiger partial charge in [0.15, 0.2) is 0 Å². The van der Waals surface area contributed by atoms with E-state index >= 15 is 0 Å². The largest absolute Gasteiger partial charge is 0.481 e. The van der Waals surface area contributed by atoms with Gasteiger partial charge in [-0.05, 0) is 36.8 Å². The number of carbonyl (C=O) groups excluding carboxylic acids is 1. The molecule has 0 bridgehead atoms. The Balaban J connectivity index is 1.77. The maximum atomic E-state index is 12.0. The minimum Gasteiger partial charge on any atom is -0.481 e. The van der Waals surface area contributed by atoms with E-state index in [2.05, 4.69) is 10.6 Å². The Bertz CT molecular complexity index is 539. The molecule has 0 aliphatic heterocycles. The topological polar surface area (TPSA) is 87.7 Å². The molecule has 23 heavy (non-hydrogen) atoms. The summed E-state index contributed by atoms with van der Waals surface area (Å²) < 4.78 is 5.15. The van der Waals surface area contributed by atoms with Crippen LogP contribution in [0.2, 0.25) is 0 Å². The van der Waals surface area contributed by atoms with Crippen LogP contribution in [-0.2, 0) is 22.7 Å². The molecule has 0 saturated heterocycles. The van der Waals surface area contributed by atoms with Crippen molar-refractivity contribution < 1.29 is 19.4 Å². The Kier molecular flexibility index (Phi) is 6.40. The van der Waals surface area contributed by atoms with E-state index in [1.54, 1.807) is 7.11 Å². The molecule has 0 aromatic heterocycles. The lowest BCUT2D eigenvalue weighted by molar-refractivity contribution is -0.142. The molecule has 1 aromatic rings. The van der Waals surface area contributed by atoms with Gasteiger partial charge in [0.05, 0.1) is 12.5 Å². The number of nitrogens with one attached hydrogen (secondary N) is 2. The van der Waals surface area contributed by atoms with E-state index in [-0.39, 0.29) is 18.0 Å². The Morgan fingerprint density at radius 3 is 2.43 bits per heavy atom. The molecule has 1 aromatic carbocycles. The number of hydrogen-bond acceptors (Lipinski definition) is 3. The van der Waals surface area contributed by atoms with Crippen molar-refractivity contribution in [1.29, 1.82) is 0 Å². The zero-order chi connectivity index (χ0) is 16.7. The average Bonchev–Trinajstić information content (AvgIpc) is 2.55. The molecular formula is C17H24N2O4. The van der Waals surface area contributed by atoms with Gasteiger partial charge in [0.25, 0.3) is 0 Å². The average molecular weight is 320 g/mol. The maximum Gasteiger partial charge on any atom is 0.315 e. The number of hydrogen-bond donors (Lipinski definition) is 3. The van der Waals surface area contributed by atoms with Gasteiger partial charge in [0.2, 0.25) is 0 Å². The maximum absolute atomic E-state index is 12.0. The molecule has 1 aliphatic rings. The highest BCUT2D eigenvalue weighted by Gasteiger charge is 2.26. The highest BCUT2D eigenvalue weighted by atomic mass is 16.5. The molecule has 0 spiro atoms. The van der Waals surface area contributed by atoms with Crippen LogP contribution in [0.3, 0.4) is 0 Å². The fraction of sp³-hybridized carbons (Fsp3) is 0.529. The van der Waals surface area contributed by atoms with Gasteiger partial charge in [0.1, 0.15) is 0 Å². The van der Waals surface area contributed by atoms with E-state index in [1.165, 1.54) is 0 Å². The summed E-state index contributed by atoms with van der Waals surface area (Å²) in [4.78, 5) is 22.9. The number of carboxylic acid groups (broad SMARTS) is 1. The van der Waals surface area contributed by atoms with Crippen molar-refractivity contribution in [3.63, 3.8) is 0 Å². The van der Waals surface area contributed by atoms with Crippen LogP contribution in [0.5, 0.6) is 0 Å². The lowest BCUT2D eigenvalue weighted by Crippen LogP contribution is -2.44. The molecule has 1 fully saturated rings. The minimum atomic E-state index is -0.734. The van der Waals surface area contributed by atoms with Gasteiger partial charge >= 0.3 is 12.0 Å². The zero-order valence-electron chi connectivity index (χ0n) is 13.4. The van der Waals surface area contributed by atoms with Crippen LogP contribution in [0, 0.1) is 5.92 Å². The van der Waals surface area contributed by atoms with Crippen molar-refractivity contribution in [2.75, 3.05) is 7.11 Å². The van der Waals surface area contributed by atoms with Gasteiger partial charge in [0, 0.05) is 19.7 Å². The second-order valence-electron chi connectivity index (χ2n) is 5.92. The first-order valence-electron chi connectivity index (χ1n) is 7.93. The van der Waals surface area contributed by atoms with E-state index in [9.17, 15) is 9.59 Å². The van der Waals surface area contributed by atoms with Gasteiger partial charge in [-0.2, -0.15) is 0 Å². The molecule has 2 amide bonds. The van der Waals surface area contributed by atoms with E-state index < -0.39 is 5.97 Å². The summed E-state index contributed by atoms with van der Waals surface area (Å²) in [5.41, 5.74) is 2.08. The Morgan fingerprint density at radius 2 is 1.83 bits per heavy atom. The molecule has 6 nitrogen and oxygen atoms in total. The number of carbonyl (C=O) groups is 2. The van der Waals surface area contributed by atoms with Gasteiger partial charge in [-0.3, -0.25) is 4.79 Å². The molecule has 0 atom stereocenters. The fourth-order valence-corrected chi connectivity index (χ4v) is 2.92. The van der Waals surface area contributed by atoms with Crippen LogP contribution in [0.1, 0.15) is 36.8 Å². The van der Waals surface area contributed by atoms with E-state index in [1.807, 2.05) is 24.3 Å². The summed E-state index contributed by atoms with van der Waals surface area (Å²) in [6, 6.07) is 7.66. The standard InChI is InChI=1S/C17H24N2O4/c1-23-11-14-5-3-2-4-13(14)10-18-17(22)19-15-8-6-12(7-9-15)16(20)21/h2-5,12,15H,6-11H2,1H3,(H,20,21)(H2,18,19,22). The number of urea groups is 1. The lowest BCUT2D eigenvalue weighted by Gasteiger charge is -2.26. The van der Waals surface area contributed by atoms with Gasteiger partial charge in [-0.1, -0.05) is 24.3 Å². The predicted molar refractivity (Wildman–Crippen MR) is 85.9 cm³/mol. The summed E-state index contributed by atoms with van der Waals surface area (Å²) in [5, 5.41) is 14.8. The van der Waals surface area contributed by atoms with E-state index in [0.29, 0.717) is 38.8 Å². The van der Waals surface area contributed by atoms with Gasteiger partial charge in [-0.15, -0.1) is 0 Å². The number of ether oxygens (including phenoxy) is 1. The van der Waals surface area contributed by atoms with Gasteiger partial charge in [-0.25, -0.2) is 4.79 Å². The third-order valence-corrected chi connectivity index (χ3v) is 4.27. The number of amides is 2. The molecule has 0 radical (unpaired) electrons. The second kappa shape index (κ2) is 8.53. The summed E-state index contributed by atoms with van der Waals surface area (Å²) in [6.45, 7) is 0.953. The highest BCUT2D eigenvalue weighted by Crippen LogP contribution is 2.24. The van der Waals surface area contributed by atoms with Crippen LogP contribution >= 0.6 is 0 Å². The van der Waals surface area contributed by atoms with Crippen LogP contribution in [0.25, 0.3) is 0 Å². The third kappa shape index (κ3) is 5.25. The minimum absolute atomic E-state index is 0.0554. The molecule has 0 unspecified atom stereocenters. The zero-order valence-corrected chi connectivity index (χ0v) is 13.4. The van der Waals surface area contributed by atoms with Crippen molar-refractivity contribution in [3.05, 3.63) is 35.4 Å². The van der Waals surface area contributed by atoms with Crippen molar-refractivity contribution in [3.8, 4) is 0 Å². The van der Waals surface area contributed by atoms with Crippen molar-refractivity contribution in [2.24, 2.45) is 5.92 Å². The summed E-state index contributed by atoms with van der Waals surface area (Å²) in [6.07, 6.45) is 2.67. The first-order valence-corrected chi connectivity index (χ1v) is 7.93. The number of benzene rings is 1. The molecule has 2 rings (SSSR count). The van der Waals surface area contributed by atoms with E-state index in [0.717, 1.165) is 11.1 Å². The summed E-state index contributed by atoms with van der Waals surface area (Å²) in [5.74, 6) is -1.00. The number of rotatable bonds is 6. The van der Waals surface area contributed by atoms with Gasteiger partial charge < -0.3 is 20.5 Å². The molecule has 126 valence electrons. The number of aliphatic carboxylic acids is 1. The molecule has 3 N–H and O–H groups in total. The van der Waals surface area contributed by atoms with Crippen molar-refractivity contribution in [2.45, 2.75) is 44.9 Å². The summed E-state index contributed by atoms with van der Waals surface area (Å²) in [7, 11) is 1.64. The number of carboxylic acids is 1. The molecule has 1 saturated carbocycles. The lowest BCUT2D eigenvalue weighted by atomic mass is 9.86. The molecule has 0 heterocycles. The monoisotopic (exact) mass is 320 g/mol. The van der Waals surface area contributed by atoms with Crippen LogP contribution in [0.4, 0.5) is 4.79 Å².